The van der Waals surface area contributed by atoms with Gasteiger partial charge in [-0.1, -0.05) is 48.5 Å². The molecule has 0 amide bonds. The second-order valence-corrected chi connectivity index (χ2v) is 5.56. The largest absolute Gasteiger partial charge is 0.480 e. The zero-order valence-corrected chi connectivity index (χ0v) is 12.0. The minimum Gasteiger partial charge on any atom is -0.480 e. The average molecular weight is 296 g/mol. The van der Waals surface area contributed by atoms with Crippen LogP contribution in [0.2, 0.25) is 0 Å². The number of hydrogen-bond donors (Lipinski definition) is 2. The van der Waals surface area contributed by atoms with Crippen molar-refractivity contribution in [3.63, 3.8) is 0 Å². The van der Waals surface area contributed by atoms with Gasteiger partial charge in [-0.2, -0.15) is 0 Å². The van der Waals surface area contributed by atoms with Gasteiger partial charge in [0.15, 0.2) is 0 Å². The summed E-state index contributed by atoms with van der Waals surface area (Å²) >= 11 is 0. The lowest BCUT2D eigenvalue weighted by atomic mass is 9.74. The van der Waals surface area contributed by atoms with Gasteiger partial charge in [0.05, 0.1) is 0 Å². The quantitative estimate of drug-likeness (QED) is 0.851. The highest BCUT2D eigenvalue weighted by atomic mass is 16.4. The molecule has 3 rings (SSSR count). The Balaban J connectivity index is 2.26. The molecule has 2 aromatic rings. The molecule has 4 nitrogen and oxygen atoms in total. The Morgan fingerprint density at radius 1 is 0.818 bits per heavy atom. The van der Waals surface area contributed by atoms with E-state index in [2.05, 4.69) is 0 Å². The Hall–Kier alpha value is -2.62. The standard InChI is InChI=1S/C18H16O4/c19-16(20)18(17(21)22,14-7-2-1-3-8-14)15-10-9-12-5-4-6-13(12)11-15/h1-3,7-11H,4-6H2,(H,19,20)(H,21,22). The Bertz CT molecular complexity index is 720. The Morgan fingerprint density at radius 2 is 1.45 bits per heavy atom. The summed E-state index contributed by atoms with van der Waals surface area (Å²) in [5, 5.41) is 19.5. The van der Waals surface area contributed by atoms with E-state index in [1.165, 1.54) is 5.56 Å². The van der Waals surface area contributed by atoms with Crippen molar-refractivity contribution in [2.75, 3.05) is 0 Å². The minimum atomic E-state index is -2.07. The van der Waals surface area contributed by atoms with E-state index in [9.17, 15) is 19.8 Å². The lowest BCUT2D eigenvalue weighted by Gasteiger charge is -2.26. The zero-order valence-electron chi connectivity index (χ0n) is 12.0. The third-order valence-corrected chi connectivity index (χ3v) is 4.38. The molecule has 0 unspecified atom stereocenters. The van der Waals surface area contributed by atoms with Crippen molar-refractivity contribution in [3.05, 3.63) is 70.8 Å². The number of rotatable bonds is 4. The van der Waals surface area contributed by atoms with Gasteiger partial charge in [-0.05, 0) is 41.5 Å². The van der Waals surface area contributed by atoms with E-state index >= 15 is 0 Å². The molecule has 1 aliphatic carbocycles. The lowest BCUT2D eigenvalue weighted by Crippen LogP contribution is -2.45. The third kappa shape index (κ3) is 1.99. The minimum absolute atomic E-state index is 0.257. The molecule has 2 N–H and O–H groups in total. The predicted molar refractivity (Wildman–Crippen MR) is 81.0 cm³/mol. The summed E-state index contributed by atoms with van der Waals surface area (Å²) in [7, 11) is 0. The molecule has 0 saturated carbocycles. The molecule has 0 aliphatic heterocycles. The summed E-state index contributed by atoms with van der Waals surface area (Å²) in [6, 6.07) is 13.4. The van der Waals surface area contributed by atoms with Crippen molar-refractivity contribution in [1.82, 2.24) is 0 Å². The summed E-state index contributed by atoms with van der Waals surface area (Å²) < 4.78 is 0. The second-order valence-electron chi connectivity index (χ2n) is 5.56. The van der Waals surface area contributed by atoms with E-state index in [4.69, 9.17) is 0 Å². The number of carbonyl (C=O) groups is 2. The van der Waals surface area contributed by atoms with Crippen LogP contribution < -0.4 is 0 Å². The summed E-state index contributed by atoms with van der Waals surface area (Å²) in [4.78, 5) is 24.0. The first-order valence-electron chi connectivity index (χ1n) is 7.21. The molecule has 0 spiro atoms. The first kappa shape index (κ1) is 14.3. The molecule has 0 aromatic heterocycles. The van der Waals surface area contributed by atoms with Gasteiger partial charge < -0.3 is 10.2 Å². The number of hydrogen-bond acceptors (Lipinski definition) is 2. The maximum Gasteiger partial charge on any atom is 0.330 e. The van der Waals surface area contributed by atoms with E-state index < -0.39 is 17.4 Å². The molecular weight excluding hydrogens is 280 g/mol. The topological polar surface area (TPSA) is 74.6 Å². The van der Waals surface area contributed by atoms with E-state index in [1.807, 2.05) is 6.07 Å². The first-order valence-corrected chi connectivity index (χ1v) is 7.21. The van der Waals surface area contributed by atoms with Gasteiger partial charge in [0.2, 0.25) is 5.41 Å². The molecule has 0 saturated heterocycles. The number of carboxylic acids is 2. The first-order chi connectivity index (χ1) is 10.6. The molecule has 0 atom stereocenters. The predicted octanol–water partition coefficient (Wildman–Crippen LogP) is 2.63. The summed E-state index contributed by atoms with van der Waals surface area (Å²) in [6.07, 6.45) is 2.86. The average Bonchev–Trinajstić information content (AvgIpc) is 2.96. The molecule has 0 radical (unpaired) electrons. The highest BCUT2D eigenvalue weighted by Crippen LogP contribution is 2.36. The van der Waals surface area contributed by atoms with Crippen LogP contribution in [-0.4, -0.2) is 22.2 Å². The maximum atomic E-state index is 12.0. The molecule has 2 aromatic carbocycles. The van der Waals surface area contributed by atoms with Gasteiger partial charge in [-0.25, -0.2) is 0 Å². The van der Waals surface area contributed by atoms with Crippen molar-refractivity contribution in [3.8, 4) is 0 Å². The smallest absolute Gasteiger partial charge is 0.330 e. The van der Waals surface area contributed by atoms with Gasteiger partial charge in [-0.3, -0.25) is 9.59 Å². The van der Waals surface area contributed by atoms with Crippen LogP contribution in [-0.2, 0) is 27.8 Å². The fourth-order valence-corrected chi connectivity index (χ4v) is 3.25. The number of carboxylic acid groups (broad SMARTS) is 2. The van der Waals surface area contributed by atoms with Crippen LogP contribution in [0.15, 0.2) is 48.5 Å². The highest BCUT2D eigenvalue weighted by Gasteiger charge is 2.50. The van der Waals surface area contributed by atoms with Crippen LogP contribution >= 0.6 is 0 Å². The van der Waals surface area contributed by atoms with Gasteiger partial charge in [-0.15, -0.1) is 0 Å². The molecule has 0 fully saturated rings. The maximum absolute atomic E-state index is 12.0. The van der Waals surface area contributed by atoms with Crippen molar-refractivity contribution < 1.29 is 19.8 Å². The zero-order chi connectivity index (χ0) is 15.7. The van der Waals surface area contributed by atoms with Crippen LogP contribution in [0.5, 0.6) is 0 Å². The van der Waals surface area contributed by atoms with Gasteiger partial charge in [0.1, 0.15) is 0 Å². The molecule has 22 heavy (non-hydrogen) atoms. The van der Waals surface area contributed by atoms with Crippen molar-refractivity contribution in [2.45, 2.75) is 24.7 Å². The van der Waals surface area contributed by atoms with E-state index in [-0.39, 0.29) is 5.56 Å². The van der Waals surface area contributed by atoms with Crippen LogP contribution in [0.3, 0.4) is 0 Å². The molecule has 0 heterocycles. The summed E-state index contributed by atoms with van der Waals surface area (Å²) in [5.74, 6) is -2.74. The monoisotopic (exact) mass is 296 g/mol. The normalized spacial score (nSPS) is 13.6. The van der Waals surface area contributed by atoms with Crippen molar-refractivity contribution in [1.29, 1.82) is 0 Å². The Labute approximate surface area is 128 Å². The highest BCUT2D eigenvalue weighted by molar-refractivity contribution is 6.08. The van der Waals surface area contributed by atoms with Crippen molar-refractivity contribution >= 4 is 11.9 Å². The lowest BCUT2D eigenvalue weighted by molar-refractivity contribution is -0.155. The molecule has 112 valence electrons. The third-order valence-electron chi connectivity index (χ3n) is 4.38. The molecule has 4 heteroatoms. The Morgan fingerprint density at radius 3 is 2.09 bits per heavy atom. The van der Waals surface area contributed by atoms with E-state index in [0.717, 1.165) is 24.8 Å². The number of aryl methyl sites for hydroxylation is 2. The summed E-state index contributed by atoms with van der Waals surface area (Å²) in [6.45, 7) is 0. The van der Waals surface area contributed by atoms with Crippen molar-refractivity contribution in [2.24, 2.45) is 0 Å². The fraction of sp³-hybridized carbons (Fsp3) is 0.222. The molecular formula is C18H16O4. The molecule has 1 aliphatic rings. The molecule has 0 bridgehead atoms. The fourth-order valence-electron chi connectivity index (χ4n) is 3.25. The summed E-state index contributed by atoms with van der Waals surface area (Å²) in [5.41, 5.74) is 0.730. The van der Waals surface area contributed by atoms with Gasteiger partial charge >= 0.3 is 11.9 Å². The number of fused-ring (bicyclic) bond motifs is 1. The van der Waals surface area contributed by atoms with E-state index in [1.54, 1.807) is 42.5 Å². The van der Waals surface area contributed by atoms with Gasteiger partial charge in [0, 0.05) is 0 Å². The van der Waals surface area contributed by atoms with Gasteiger partial charge in [0.25, 0.3) is 0 Å². The van der Waals surface area contributed by atoms with Crippen LogP contribution in [0, 0.1) is 0 Å². The second kappa shape index (κ2) is 5.30. The Kier molecular flexibility index (Phi) is 3.45. The van der Waals surface area contributed by atoms with Crippen LogP contribution in [0.1, 0.15) is 28.7 Å². The number of aliphatic carboxylic acids is 2. The number of benzene rings is 2. The van der Waals surface area contributed by atoms with Crippen LogP contribution in [0.25, 0.3) is 0 Å². The van der Waals surface area contributed by atoms with E-state index in [0.29, 0.717) is 5.56 Å². The SMILES string of the molecule is O=C(O)C(C(=O)O)(c1ccccc1)c1ccc2c(c1)CCC2. The van der Waals surface area contributed by atoms with Crippen LogP contribution in [0.4, 0.5) is 0 Å².